The monoisotopic (exact) mass is 369 g/mol. The second kappa shape index (κ2) is 9.98. The minimum absolute atomic E-state index is 0.235. The van der Waals surface area contributed by atoms with E-state index in [1.807, 2.05) is 18.3 Å². The largest absolute Gasteiger partial charge is 0.380 e. The number of halogens is 1. The molecule has 0 atom stereocenters. The standard InChI is InChI=1S/C24H32FNO/c1-3-4-5-6-18-7-9-19(10-8-18)21-13-14-24(26-16-21)20-11-12-22(17-27-2)23(25)15-20/h11-16,18-19H,3-10,17H2,1-2H3/t18-,19-. The minimum atomic E-state index is -0.235. The van der Waals surface area contributed by atoms with Gasteiger partial charge in [0.1, 0.15) is 5.82 Å². The molecule has 1 aromatic carbocycles. The molecule has 3 heteroatoms. The van der Waals surface area contributed by atoms with Gasteiger partial charge in [0.25, 0.3) is 0 Å². The van der Waals surface area contributed by atoms with Crippen molar-refractivity contribution in [2.75, 3.05) is 7.11 Å². The Balaban J connectivity index is 1.59. The fourth-order valence-corrected chi connectivity index (χ4v) is 4.26. The molecule has 0 aliphatic heterocycles. The number of benzene rings is 1. The van der Waals surface area contributed by atoms with Crippen molar-refractivity contribution >= 4 is 0 Å². The summed E-state index contributed by atoms with van der Waals surface area (Å²) in [4.78, 5) is 4.62. The highest BCUT2D eigenvalue weighted by molar-refractivity contribution is 5.59. The topological polar surface area (TPSA) is 22.1 Å². The highest BCUT2D eigenvalue weighted by Crippen LogP contribution is 2.37. The summed E-state index contributed by atoms with van der Waals surface area (Å²) in [6.45, 7) is 2.57. The summed E-state index contributed by atoms with van der Waals surface area (Å²) in [6, 6.07) is 9.47. The number of pyridine rings is 1. The lowest BCUT2D eigenvalue weighted by molar-refractivity contribution is 0.181. The van der Waals surface area contributed by atoms with E-state index in [9.17, 15) is 4.39 Å². The lowest BCUT2D eigenvalue weighted by atomic mass is 9.77. The van der Waals surface area contributed by atoms with E-state index in [1.54, 1.807) is 19.2 Å². The third kappa shape index (κ3) is 5.38. The van der Waals surface area contributed by atoms with Crippen molar-refractivity contribution in [3.05, 3.63) is 53.5 Å². The SMILES string of the molecule is CCCCC[C@H]1CC[C@H](c2ccc(-c3ccc(COC)c(F)c3)nc2)CC1. The van der Waals surface area contributed by atoms with Crippen molar-refractivity contribution in [3.63, 3.8) is 0 Å². The van der Waals surface area contributed by atoms with Gasteiger partial charge in [-0.05, 0) is 55.2 Å². The Morgan fingerprint density at radius 1 is 1.07 bits per heavy atom. The van der Waals surface area contributed by atoms with Crippen molar-refractivity contribution in [3.8, 4) is 11.3 Å². The summed E-state index contributed by atoms with van der Waals surface area (Å²) in [6.07, 6.45) is 12.7. The van der Waals surface area contributed by atoms with Crippen LogP contribution >= 0.6 is 0 Å². The molecule has 0 bridgehead atoms. The lowest BCUT2D eigenvalue weighted by Crippen LogP contribution is -2.13. The first-order valence-corrected chi connectivity index (χ1v) is 10.4. The average Bonchev–Trinajstić information content (AvgIpc) is 2.71. The summed E-state index contributed by atoms with van der Waals surface area (Å²) in [5.41, 5.74) is 3.56. The molecule has 1 heterocycles. The van der Waals surface area contributed by atoms with E-state index in [2.05, 4.69) is 18.0 Å². The fraction of sp³-hybridized carbons (Fsp3) is 0.542. The van der Waals surface area contributed by atoms with E-state index in [-0.39, 0.29) is 5.82 Å². The van der Waals surface area contributed by atoms with Gasteiger partial charge in [0.2, 0.25) is 0 Å². The van der Waals surface area contributed by atoms with Gasteiger partial charge in [0.15, 0.2) is 0 Å². The number of methoxy groups -OCH3 is 1. The summed E-state index contributed by atoms with van der Waals surface area (Å²) >= 11 is 0. The van der Waals surface area contributed by atoms with E-state index in [1.165, 1.54) is 56.9 Å². The summed E-state index contributed by atoms with van der Waals surface area (Å²) in [5, 5.41) is 0. The second-order valence-electron chi connectivity index (χ2n) is 7.93. The van der Waals surface area contributed by atoms with Gasteiger partial charge in [0.05, 0.1) is 12.3 Å². The maximum Gasteiger partial charge on any atom is 0.129 e. The van der Waals surface area contributed by atoms with Gasteiger partial charge in [-0.2, -0.15) is 0 Å². The molecule has 0 unspecified atom stereocenters. The van der Waals surface area contributed by atoms with Gasteiger partial charge in [-0.3, -0.25) is 4.98 Å². The molecule has 1 saturated carbocycles. The smallest absolute Gasteiger partial charge is 0.129 e. The molecule has 2 aromatic rings. The average molecular weight is 370 g/mol. The predicted molar refractivity (Wildman–Crippen MR) is 109 cm³/mol. The fourth-order valence-electron chi connectivity index (χ4n) is 4.26. The molecule has 0 spiro atoms. The van der Waals surface area contributed by atoms with E-state index < -0.39 is 0 Å². The molecule has 2 nitrogen and oxygen atoms in total. The van der Waals surface area contributed by atoms with Crippen LogP contribution in [0.5, 0.6) is 0 Å². The van der Waals surface area contributed by atoms with Gasteiger partial charge in [-0.25, -0.2) is 4.39 Å². The number of ether oxygens (including phenoxy) is 1. The van der Waals surface area contributed by atoms with Crippen LogP contribution in [0.25, 0.3) is 11.3 Å². The van der Waals surface area contributed by atoms with Crippen LogP contribution in [-0.4, -0.2) is 12.1 Å². The van der Waals surface area contributed by atoms with Crippen LogP contribution in [-0.2, 0) is 11.3 Å². The first-order valence-electron chi connectivity index (χ1n) is 10.4. The molecule has 146 valence electrons. The minimum Gasteiger partial charge on any atom is -0.380 e. The van der Waals surface area contributed by atoms with Crippen LogP contribution in [0.4, 0.5) is 4.39 Å². The molecule has 0 radical (unpaired) electrons. The zero-order chi connectivity index (χ0) is 19.1. The molecule has 1 aliphatic carbocycles. The van der Waals surface area contributed by atoms with E-state index in [0.29, 0.717) is 18.1 Å². The molecule has 0 saturated heterocycles. The zero-order valence-electron chi connectivity index (χ0n) is 16.7. The number of hydrogen-bond acceptors (Lipinski definition) is 2. The van der Waals surface area contributed by atoms with Crippen molar-refractivity contribution in [1.82, 2.24) is 4.98 Å². The molecular weight excluding hydrogens is 337 g/mol. The molecular formula is C24H32FNO. The normalized spacial score (nSPS) is 20.0. The molecule has 1 fully saturated rings. The quantitative estimate of drug-likeness (QED) is 0.473. The van der Waals surface area contributed by atoms with Crippen LogP contribution in [0.2, 0.25) is 0 Å². The van der Waals surface area contributed by atoms with Crippen molar-refractivity contribution in [1.29, 1.82) is 0 Å². The van der Waals surface area contributed by atoms with Crippen LogP contribution < -0.4 is 0 Å². The Morgan fingerprint density at radius 3 is 2.52 bits per heavy atom. The summed E-state index contributed by atoms with van der Waals surface area (Å²) in [7, 11) is 1.58. The van der Waals surface area contributed by atoms with Crippen molar-refractivity contribution in [2.24, 2.45) is 5.92 Å². The Labute approximate surface area is 163 Å². The highest BCUT2D eigenvalue weighted by atomic mass is 19.1. The van der Waals surface area contributed by atoms with Gasteiger partial charge < -0.3 is 4.74 Å². The molecule has 3 rings (SSSR count). The highest BCUT2D eigenvalue weighted by Gasteiger charge is 2.22. The van der Waals surface area contributed by atoms with Gasteiger partial charge in [-0.15, -0.1) is 0 Å². The molecule has 1 aliphatic rings. The lowest BCUT2D eigenvalue weighted by Gasteiger charge is -2.28. The Kier molecular flexibility index (Phi) is 7.40. The molecule has 0 amide bonds. The van der Waals surface area contributed by atoms with E-state index in [4.69, 9.17) is 4.74 Å². The molecule has 0 N–H and O–H groups in total. The van der Waals surface area contributed by atoms with Gasteiger partial charge in [-0.1, -0.05) is 50.8 Å². The first-order chi connectivity index (χ1) is 13.2. The first kappa shape index (κ1) is 20.0. The van der Waals surface area contributed by atoms with Crippen LogP contribution in [0.1, 0.15) is 75.3 Å². The number of hydrogen-bond donors (Lipinski definition) is 0. The van der Waals surface area contributed by atoms with Crippen LogP contribution in [0.15, 0.2) is 36.5 Å². The number of aromatic nitrogens is 1. The number of rotatable bonds is 8. The predicted octanol–water partition coefficient (Wildman–Crippen LogP) is 6.89. The maximum atomic E-state index is 14.1. The molecule has 1 aromatic heterocycles. The Bertz CT molecular complexity index is 705. The maximum absolute atomic E-state index is 14.1. The number of unbranched alkanes of at least 4 members (excludes halogenated alkanes) is 2. The Morgan fingerprint density at radius 2 is 1.89 bits per heavy atom. The number of nitrogens with zero attached hydrogens (tertiary/aromatic N) is 1. The van der Waals surface area contributed by atoms with Crippen molar-refractivity contribution < 1.29 is 9.13 Å². The summed E-state index contributed by atoms with van der Waals surface area (Å²) in [5.74, 6) is 1.32. The van der Waals surface area contributed by atoms with E-state index in [0.717, 1.165) is 17.2 Å². The van der Waals surface area contributed by atoms with Crippen LogP contribution in [0.3, 0.4) is 0 Å². The third-order valence-electron chi connectivity index (χ3n) is 5.97. The third-order valence-corrected chi connectivity index (χ3v) is 5.97. The van der Waals surface area contributed by atoms with Crippen molar-refractivity contribution in [2.45, 2.75) is 70.8 Å². The Hall–Kier alpha value is -1.74. The zero-order valence-corrected chi connectivity index (χ0v) is 16.7. The molecule has 27 heavy (non-hydrogen) atoms. The van der Waals surface area contributed by atoms with Gasteiger partial charge >= 0.3 is 0 Å². The van der Waals surface area contributed by atoms with E-state index >= 15 is 0 Å². The van der Waals surface area contributed by atoms with Gasteiger partial charge in [0, 0.05) is 24.4 Å². The summed E-state index contributed by atoms with van der Waals surface area (Å²) < 4.78 is 19.1. The van der Waals surface area contributed by atoms with Crippen LogP contribution in [0, 0.1) is 11.7 Å². The second-order valence-corrected chi connectivity index (χ2v) is 7.93.